The number of thiazole rings is 1. The summed E-state index contributed by atoms with van der Waals surface area (Å²) in [6.07, 6.45) is 2.59. The van der Waals surface area contributed by atoms with Crippen molar-refractivity contribution in [2.75, 3.05) is 13.6 Å². The van der Waals surface area contributed by atoms with Crippen LogP contribution in [0, 0.1) is 13.8 Å². The third kappa shape index (κ3) is 4.73. The van der Waals surface area contributed by atoms with Gasteiger partial charge in [-0.2, -0.15) is 0 Å². The predicted molar refractivity (Wildman–Crippen MR) is 117 cm³/mol. The van der Waals surface area contributed by atoms with E-state index in [4.69, 9.17) is 0 Å². The Kier molecular flexibility index (Phi) is 6.37. The first-order valence-electron chi connectivity index (χ1n) is 9.36. The number of rotatable bonds is 7. The average molecular weight is 392 g/mol. The number of hydrogen-bond donors (Lipinski definition) is 0. The van der Waals surface area contributed by atoms with Crippen LogP contribution in [-0.4, -0.2) is 35.6 Å². The molecule has 3 aromatic rings. The van der Waals surface area contributed by atoms with Crippen molar-refractivity contribution in [3.63, 3.8) is 0 Å². The number of carbonyl (C=O) groups excluding carboxylic acids is 1. The van der Waals surface area contributed by atoms with Gasteiger partial charge in [-0.1, -0.05) is 36.4 Å². The number of aliphatic imine (C=N–C) groups is 1. The zero-order valence-corrected chi connectivity index (χ0v) is 17.6. The highest BCUT2D eigenvalue weighted by atomic mass is 32.1. The second-order valence-corrected chi connectivity index (χ2v) is 7.82. The minimum absolute atomic E-state index is 0.0271. The Hall–Kier alpha value is -2.79. The maximum absolute atomic E-state index is 12.6. The minimum Gasteiger partial charge on any atom is -0.366 e. The van der Waals surface area contributed by atoms with Gasteiger partial charge in [0.05, 0.1) is 17.0 Å². The molecular weight excluding hydrogens is 366 g/mol. The summed E-state index contributed by atoms with van der Waals surface area (Å²) in [6, 6.07) is 13.6. The number of benzene rings is 2. The van der Waals surface area contributed by atoms with Crippen LogP contribution in [0.4, 0.5) is 5.69 Å². The summed E-state index contributed by atoms with van der Waals surface area (Å²) in [5.41, 5.74) is 5.71. The second-order valence-electron chi connectivity index (χ2n) is 6.88. The molecule has 0 aliphatic heterocycles. The van der Waals surface area contributed by atoms with Crippen molar-refractivity contribution in [3.05, 3.63) is 80.8 Å². The lowest BCUT2D eigenvalue weighted by Gasteiger charge is -2.11. The van der Waals surface area contributed by atoms with Gasteiger partial charge in [0.15, 0.2) is 0 Å². The van der Waals surface area contributed by atoms with E-state index in [9.17, 15) is 4.79 Å². The average Bonchev–Trinajstić information content (AvgIpc) is 3.17. The van der Waals surface area contributed by atoms with E-state index >= 15 is 0 Å². The molecule has 3 rings (SSSR count). The molecule has 0 fully saturated rings. The number of aromatic nitrogens is 1. The van der Waals surface area contributed by atoms with Crippen LogP contribution in [0.5, 0.6) is 0 Å². The molecule has 0 atom stereocenters. The summed E-state index contributed by atoms with van der Waals surface area (Å²) in [4.78, 5) is 23.8. The fourth-order valence-electron chi connectivity index (χ4n) is 2.83. The second kappa shape index (κ2) is 8.93. The highest BCUT2D eigenvalue weighted by molar-refractivity contribution is 7.09. The normalized spacial score (nSPS) is 11.1. The largest absolute Gasteiger partial charge is 0.366 e. The van der Waals surface area contributed by atoms with Gasteiger partial charge in [-0.15, -0.1) is 11.3 Å². The topological polar surface area (TPSA) is 45.6 Å². The molecule has 0 saturated heterocycles. The summed E-state index contributed by atoms with van der Waals surface area (Å²) < 4.78 is 0. The van der Waals surface area contributed by atoms with Crippen LogP contribution in [-0.2, 0) is 6.42 Å². The van der Waals surface area contributed by atoms with E-state index in [0.29, 0.717) is 11.3 Å². The number of carbonyl (C=O) groups is 1. The van der Waals surface area contributed by atoms with Crippen LogP contribution in [0.25, 0.3) is 0 Å². The lowest BCUT2D eigenvalue weighted by atomic mass is 10.0. The highest BCUT2D eigenvalue weighted by Gasteiger charge is 2.14. The fourth-order valence-corrected chi connectivity index (χ4v) is 3.63. The van der Waals surface area contributed by atoms with Gasteiger partial charge < -0.3 is 4.90 Å². The first-order valence-corrected chi connectivity index (χ1v) is 10.2. The smallest absolute Gasteiger partial charge is 0.212 e. The van der Waals surface area contributed by atoms with Crippen molar-refractivity contribution in [3.8, 4) is 0 Å². The van der Waals surface area contributed by atoms with Crippen molar-refractivity contribution in [2.24, 2.45) is 4.99 Å². The van der Waals surface area contributed by atoms with Gasteiger partial charge in [0.1, 0.15) is 5.69 Å². The van der Waals surface area contributed by atoms with Gasteiger partial charge >= 0.3 is 0 Å². The standard InChI is InChI=1S/C23H25N3OS/c1-5-26(4)15-24-20-12-16(2)19(11-17(20)3)13-22-25-21(14-28-22)23(27)18-9-7-6-8-10-18/h6-12,14-15H,5,13H2,1-4H3. The quantitative estimate of drug-likeness (QED) is 0.316. The molecule has 1 heterocycles. The highest BCUT2D eigenvalue weighted by Crippen LogP contribution is 2.26. The van der Waals surface area contributed by atoms with E-state index in [-0.39, 0.29) is 5.78 Å². The lowest BCUT2D eigenvalue weighted by molar-refractivity contribution is 0.103. The van der Waals surface area contributed by atoms with Crippen LogP contribution < -0.4 is 0 Å². The number of hydrogen-bond acceptors (Lipinski definition) is 4. The summed E-state index contributed by atoms with van der Waals surface area (Å²) in [5, 5.41) is 2.80. The third-order valence-electron chi connectivity index (χ3n) is 4.71. The Morgan fingerprint density at radius 1 is 1.18 bits per heavy atom. The molecule has 0 bridgehead atoms. The van der Waals surface area contributed by atoms with Crippen molar-refractivity contribution < 1.29 is 4.79 Å². The molecule has 4 nitrogen and oxygen atoms in total. The van der Waals surface area contributed by atoms with E-state index in [1.807, 2.05) is 54.0 Å². The summed E-state index contributed by atoms with van der Waals surface area (Å²) in [5.74, 6) is -0.0271. The van der Waals surface area contributed by atoms with E-state index in [2.05, 4.69) is 42.9 Å². The van der Waals surface area contributed by atoms with Crippen LogP contribution in [0.3, 0.4) is 0 Å². The Labute approximate surface area is 170 Å². The Bertz CT molecular complexity index is 992. The van der Waals surface area contributed by atoms with Crippen molar-refractivity contribution in [1.82, 2.24) is 9.88 Å². The summed E-state index contributed by atoms with van der Waals surface area (Å²) in [7, 11) is 2.01. The molecule has 1 aromatic heterocycles. The van der Waals surface area contributed by atoms with E-state index < -0.39 is 0 Å². The first-order chi connectivity index (χ1) is 13.5. The van der Waals surface area contributed by atoms with Gasteiger partial charge in [-0.3, -0.25) is 4.79 Å². The van der Waals surface area contributed by atoms with Gasteiger partial charge in [0.2, 0.25) is 5.78 Å². The SMILES string of the molecule is CCN(C)C=Nc1cc(C)c(Cc2nc(C(=O)c3ccccc3)cs2)cc1C. The van der Waals surface area contributed by atoms with Crippen LogP contribution in [0.1, 0.15) is 44.7 Å². The number of ketones is 1. The van der Waals surface area contributed by atoms with Gasteiger partial charge in [0.25, 0.3) is 0 Å². The molecule has 0 radical (unpaired) electrons. The third-order valence-corrected chi connectivity index (χ3v) is 5.56. The lowest BCUT2D eigenvalue weighted by Crippen LogP contribution is -2.14. The Morgan fingerprint density at radius 2 is 1.93 bits per heavy atom. The molecular formula is C23H25N3OS. The number of nitrogens with zero attached hydrogens (tertiary/aromatic N) is 3. The van der Waals surface area contributed by atoms with Crippen LogP contribution in [0.15, 0.2) is 52.8 Å². The fraction of sp³-hybridized carbons (Fsp3) is 0.261. The first kappa shape index (κ1) is 20.0. The van der Waals surface area contributed by atoms with Gasteiger partial charge in [-0.05, 0) is 43.5 Å². The van der Waals surface area contributed by atoms with Crippen molar-refractivity contribution >= 4 is 29.1 Å². The van der Waals surface area contributed by atoms with E-state index in [0.717, 1.165) is 29.2 Å². The van der Waals surface area contributed by atoms with Crippen LogP contribution >= 0.6 is 11.3 Å². The molecule has 144 valence electrons. The maximum atomic E-state index is 12.6. The molecule has 0 spiro atoms. The summed E-state index contributed by atoms with van der Waals surface area (Å²) >= 11 is 1.54. The Morgan fingerprint density at radius 3 is 2.64 bits per heavy atom. The van der Waals surface area contributed by atoms with Crippen LogP contribution in [0.2, 0.25) is 0 Å². The molecule has 0 saturated carbocycles. The summed E-state index contributed by atoms with van der Waals surface area (Å²) in [6.45, 7) is 7.19. The van der Waals surface area contributed by atoms with Crippen molar-refractivity contribution in [2.45, 2.75) is 27.2 Å². The Balaban J connectivity index is 1.77. The van der Waals surface area contributed by atoms with Gasteiger partial charge in [-0.25, -0.2) is 9.98 Å². The predicted octanol–water partition coefficient (Wildman–Crippen LogP) is 5.19. The zero-order valence-electron chi connectivity index (χ0n) is 16.8. The molecule has 5 heteroatoms. The minimum atomic E-state index is -0.0271. The molecule has 0 aliphatic rings. The molecule has 28 heavy (non-hydrogen) atoms. The molecule has 0 N–H and O–H groups in total. The van der Waals surface area contributed by atoms with Crippen molar-refractivity contribution in [1.29, 1.82) is 0 Å². The monoisotopic (exact) mass is 391 g/mol. The number of aryl methyl sites for hydroxylation is 2. The molecule has 0 unspecified atom stereocenters. The van der Waals surface area contributed by atoms with E-state index in [1.165, 1.54) is 22.5 Å². The molecule has 2 aromatic carbocycles. The zero-order chi connectivity index (χ0) is 20.1. The molecule has 0 amide bonds. The van der Waals surface area contributed by atoms with E-state index in [1.54, 1.807) is 0 Å². The maximum Gasteiger partial charge on any atom is 0.212 e. The molecule has 0 aliphatic carbocycles. The van der Waals surface area contributed by atoms with Gasteiger partial charge in [0, 0.05) is 31.0 Å².